The van der Waals surface area contributed by atoms with Gasteiger partial charge in [0, 0.05) is 13.0 Å². The third-order valence-electron chi connectivity index (χ3n) is 2.51. The van der Waals surface area contributed by atoms with Crippen molar-refractivity contribution in [2.45, 2.75) is 58.0 Å². The Balaban J connectivity index is 2.48. The maximum absolute atomic E-state index is 12.1. The average molecular weight is 318 g/mol. The maximum atomic E-state index is 12.1. The number of esters is 1. The van der Waals surface area contributed by atoms with Crippen LogP contribution in [0.2, 0.25) is 0 Å². The van der Waals surface area contributed by atoms with Crippen molar-refractivity contribution in [2.75, 3.05) is 6.54 Å². The molecule has 0 atom stereocenters. The summed E-state index contributed by atoms with van der Waals surface area (Å²) < 4.78 is 36.6. The van der Waals surface area contributed by atoms with Gasteiger partial charge in [-0.1, -0.05) is 5.16 Å². The van der Waals surface area contributed by atoms with E-state index in [1.165, 1.54) is 6.92 Å². The van der Waals surface area contributed by atoms with E-state index < -0.39 is 15.6 Å². The molecule has 0 aliphatic carbocycles. The third kappa shape index (κ3) is 5.47. The number of sulfonamides is 1. The fourth-order valence-electron chi connectivity index (χ4n) is 1.76. The smallest absolute Gasteiger partial charge is 0.306 e. The van der Waals surface area contributed by atoms with Crippen molar-refractivity contribution in [3.05, 3.63) is 11.5 Å². The molecule has 7 nitrogen and oxygen atoms in total. The van der Waals surface area contributed by atoms with E-state index in [1.807, 2.05) is 0 Å². The molecule has 0 radical (unpaired) electrons. The minimum atomic E-state index is -3.67. The molecule has 120 valence electrons. The van der Waals surface area contributed by atoms with E-state index in [-0.39, 0.29) is 29.6 Å². The minimum Gasteiger partial charge on any atom is -0.460 e. The van der Waals surface area contributed by atoms with E-state index >= 15 is 0 Å². The second-order valence-corrected chi connectivity index (χ2v) is 7.44. The molecule has 0 amide bonds. The van der Waals surface area contributed by atoms with E-state index in [0.717, 1.165) is 0 Å². The van der Waals surface area contributed by atoms with Crippen LogP contribution in [0.3, 0.4) is 0 Å². The van der Waals surface area contributed by atoms with Crippen LogP contribution in [0, 0.1) is 13.8 Å². The van der Waals surface area contributed by atoms with Gasteiger partial charge in [-0.2, -0.15) is 0 Å². The summed E-state index contributed by atoms with van der Waals surface area (Å²) in [6, 6.07) is 0. The highest BCUT2D eigenvalue weighted by molar-refractivity contribution is 7.89. The maximum Gasteiger partial charge on any atom is 0.306 e. The Labute approximate surface area is 125 Å². The van der Waals surface area contributed by atoms with Crippen LogP contribution in [0.4, 0.5) is 0 Å². The van der Waals surface area contributed by atoms with Crippen LogP contribution in [0.15, 0.2) is 9.42 Å². The monoisotopic (exact) mass is 318 g/mol. The Morgan fingerprint density at radius 3 is 2.43 bits per heavy atom. The zero-order valence-corrected chi connectivity index (χ0v) is 13.8. The van der Waals surface area contributed by atoms with E-state index in [9.17, 15) is 13.2 Å². The lowest BCUT2D eigenvalue weighted by Gasteiger charge is -2.19. The van der Waals surface area contributed by atoms with Gasteiger partial charge in [0.05, 0.1) is 0 Å². The van der Waals surface area contributed by atoms with Crippen LogP contribution in [0.25, 0.3) is 0 Å². The van der Waals surface area contributed by atoms with Crippen LogP contribution >= 0.6 is 0 Å². The number of rotatable bonds is 6. The van der Waals surface area contributed by atoms with E-state index in [2.05, 4.69) is 9.88 Å². The molecule has 1 rings (SSSR count). The Morgan fingerprint density at radius 2 is 1.95 bits per heavy atom. The molecule has 0 spiro atoms. The van der Waals surface area contributed by atoms with Crippen LogP contribution in [0.5, 0.6) is 0 Å². The molecule has 8 heteroatoms. The molecule has 0 saturated heterocycles. The molecule has 1 aromatic rings. The SMILES string of the molecule is Cc1noc(C)c1S(=O)(=O)NCCCC(=O)OC(C)(C)C. The molecule has 0 fully saturated rings. The molecule has 21 heavy (non-hydrogen) atoms. The number of carbonyl (C=O) groups excluding carboxylic acids is 1. The number of aryl methyl sites for hydroxylation is 2. The van der Waals surface area contributed by atoms with E-state index in [4.69, 9.17) is 9.26 Å². The summed E-state index contributed by atoms with van der Waals surface area (Å²) in [5, 5.41) is 3.61. The number of aromatic nitrogens is 1. The van der Waals surface area contributed by atoms with Crippen LogP contribution in [-0.2, 0) is 19.6 Å². The molecule has 0 aliphatic heterocycles. The van der Waals surface area contributed by atoms with Crippen molar-refractivity contribution in [1.29, 1.82) is 0 Å². The summed E-state index contributed by atoms with van der Waals surface area (Å²) in [5.41, 5.74) is -0.222. The highest BCUT2D eigenvalue weighted by Crippen LogP contribution is 2.18. The first-order valence-electron chi connectivity index (χ1n) is 6.67. The minimum absolute atomic E-state index is 0.0553. The number of hydrogen-bond acceptors (Lipinski definition) is 6. The summed E-state index contributed by atoms with van der Waals surface area (Å²) in [6.45, 7) is 8.59. The first-order valence-corrected chi connectivity index (χ1v) is 8.15. The summed E-state index contributed by atoms with van der Waals surface area (Å²) in [7, 11) is -3.67. The van der Waals surface area contributed by atoms with Gasteiger partial charge in [-0.15, -0.1) is 0 Å². The number of nitrogens with zero attached hydrogens (tertiary/aromatic N) is 1. The Kier molecular flexibility index (Phi) is 5.52. The first kappa shape index (κ1) is 17.6. The van der Waals surface area contributed by atoms with Gasteiger partial charge in [0.25, 0.3) is 0 Å². The number of carbonyl (C=O) groups is 1. The fraction of sp³-hybridized carbons (Fsp3) is 0.692. The second-order valence-electron chi connectivity index (χ2n) is 5.74. The molecule has 0 saturated carbocycles. The zero-order valence-electron chi connectivity index (χ0n) is 13.0. The summed E-state index contributed by atoms with van der Waals surface area (Å²) in [6.07, 6.45) is 0.513. The summed E-state index contributed by atoms with van der Waals surface area (Å²) in [5.74, 6) is -0.105. The molecule has 0 unspecified atom stereocenters. The highest BCUT2D eigenvalue weighted by Gasteiger charge is 2.23. The Hall–Kier alpha value is -1.41. The van der Waals surface area contributed by atoms with E-state index in [0.29, 0.717) is 12.1 Å². The van der Waals surface area contributed by atoms with Crippen molar-refractivity contribution in [2.24, 2.45) is 0 Å². The van der Waals surface area contributed by atoms with Gasteiger partial charge in [0.2, 0.25) is 10.0 Å². The predicted molar refractivity (Wildman–Crippen MR) is 76.2 cm³/mol. The first-order chi connectivity index (χ1) is 9.53. The van der Waals surface area contributed by atoms with E-state index in [1.54, 1.807) is 27.7 Å². The molecule has 1 heterocycles. The van der Waals surface area contributed by atoms with Crippen LogP contribution in [0.1, 0.15) is 45.1 Å². The van der Waals surface area contributed by atoms with Crippen molar-refractivity contribution in [3.8, 4) is 0 Å². The fourth-order valence-corrected chi connectivity index (χ4v) is 3.16. The lowest BCUT2D eigenvalue weighted by molar-refractivity contribution is -0.154. The molecule has 0 aliphatic rings. The second kappa shape index (κ2) is 6.57. The Bertz CT molecular complexity index is 579. The van der Waals surface area contributed by atoms with Crippen LogP contribution < -0.4 is 4.72 Å². The topological polar surface area (TPSA) is 98.5 Å². The van der Waals surface area contributed by atoms with Gasteiger partial charge >= 0.3 is 5.97 Å². The molecule has 1 N–H and O–H groups in total. The summed E-state index contributed by atoms with van der Waals surface area (Å²) in [4.78, 5) is 11.6. The lowest BCUT2D eigenvalue weighted by atomic mass is 10.2. The predicted octanol–water partition coefficient (Wildman–Crippen LogP) is 1.69. The average Bonchev–Trinajstić information content (AvgIpc) is 2.63. The number of ether oxygens (including phenoxy) is 1. The van der Waals surface area contributed by atoms with Crippen molar-refractivity contribution in [3.63, 3.8) is 0 Å². The quantitative estimate of drug-likeness (QED) is 0.633. The van der Waals surface area contributed by atoms with Gasteiger partial charge in [-0.25, -0.2) is 13.1 Å². The summed E-state index contributed by atoms with van der Waals surface area (Å²) >= 11 is 0. The third-order valence-corrected chi connectivity index (χ3v) is 4.21. The zero-order chi connectivity index (χ0) is 16.3. The highest BCUT2D eigenvalue weighted by atomic mass is 32.2. The molecular weight excluding hydrogens is 296 g/mol. The van der Waals surface area contributed by atoms with Gasteiger partial charge in [0.1, 0.15) is 16.2 Å². The largest absolute Gasteiger partial charge is 0.460 e. The molecule has 0 bridgehead atoms. The Morgan fingerprint density at radius 1 is 1.33 bits per heavy atom. The number of hydrogen-bond donors (Lipinski definition) is 1. The molecule has 0 aromatic carbocycles. The molecule has 1 aromatic heterocycles. The van der Waals surface area contributed by atoms with Gasteiger partial charge in [-0.3, -0.25) is 4.79 Å². The van der Waals surface area contributed by atoms with Crippen molar-refractivity contribution >= 4 is 16.0 Å². The lowest BCUT2D eigenvalue weighted by Crippen LogP contribution is -2.27. The number of nitrogens with one attached hydrogen (secondary N) is 1. The normalized spacial score (nSPS) is 12.4. The van der Waals surface area contributed by atoms with Crippen LogP contribution in [-0.4, -0.2) is 31.7 Å². The standard InChI is InChI=1S/C13H22N2O5S/c1-9-12(10(2)20-15-9)21(17,18)14-8-6-7-11(16)19-13(3,4)5/h14H,6-8H2,1-5H3. The molecular formula is C13H22N2O5S. The van der Waals surface area contributed by atoms with Crippen molar-refractivity contribution < 1.29 is 22.5 Å². The van der Waals surface area contributed by atoms with Gasteiger partial charge in [0.15, 0.2) is 5.76 Å². The van der Waals surface area contributed by atoms with Gasteiger partial charge < -0.3 is 9.26 Å². The van der Waals surface area contributed by atoms with Gasteiger partial charge in [-0.05, 0) is 41.0 Å². The van der Waals surface area contributed by atoms with Crippen molar-refractivity contribution in [1.82, 2.24) is 9.88 Å².